The summed E-state index contributed by atoms with van der Waals surface area (Å²) in [7, 11) is 4.19. The van der Waals surface area contributed by atoms with Gasteiger partial charge in [-0.05, 0) is 51.3 Å². The fourth-order valence-corrected chi connectivity index (χ4v) is 2.81. The number of hydrogen-bond donors (Lipinski definition) is 0. The number of anilines is 2. The molecule has 1 aliphatic rings. The number of hydrogen-bond acceptors (Lipinski definition) is 3. The molecule has 110 valence electrons. The minimum Gasteiger partial charge on any atom is -0.451 e. The molecule has 0 spiro atoms. The lowest BCUT2D eigenvalue weighted by molar-refractivity contribution is 0.401. The molecule has 0 saturated carbocycles. The van der Waals surface area contributed by atoms with E-state index in [2.05, 4.69) is 36.0 Å². The third-order valence-electron chi connectivity index (χ3n) is 3.59. The summed E-state index contributed by atoms with van der Waals surface area (Å²) < 4.78 is 5.98. The first kappa shape index (κ1) is 14.2. The fraction of sp³-hybridized carbons (Fsp3) is 0.294. The molecule has 21 heavy (non-hydrogen) atoms. The quantitative estimate of drug-likeness (QED) is 0.825. The van der Waals surface area contributed by atoms with Gasteiger partial charge in [-0.3, -0.25) is 0 Å². The van der Waals surface area contributed by atoms with Crippen LogP contribution in [0.1, 0.15) is 6.42 Å². The monoisotopic (exact) mass is 302 g/mol. The fourth-order valence-electron chi connectivity index (χ4n) is 2.60. The molecule has 0 saturated heterocycles. The SMILES string of the molecule is CN(C)CCCN1c2ccccc2Oc2c(Cl)cccc21. The van der Waals surface area contributed by atoms with Crippen LogP contribution < -0.4 is 9.64 Å². The van der Waals surface area contributed by atoms with Crippen molar-refractivity contribution in [2.45, 2.75) is 6.42 Å². The van der Waals surface area contributed by atoms with E-state index in [0.29, 0.717) is 5.02 Å². The van der Waals surface area contributed by atoms with Gasteiger partial charge in [0, 0.05) is 6.54 Å². The summed E-state index contributed by atoms with van der Waals surface area (Å²) in [6.45, 7) is 1.99. The largest absolute Gasteiger partial charge is 0.451 e. The average Bonchev–Trinajstić information content (AvgIpc) is 2.47. The molecule has 0 fully saturated rings. The van der Waals surface area contributed by atoms with E-state index in [1.54, 1.807) is 0 Å². The van der Waals surface area contributed by atoms with E-state index in [4.69, 9.17) is 16.3 Å². The number of fused-ring (bicyclic) bond motifs is 2. The number of ether oxygens (including phenoxy) is 1. The maximum absolute atomic E-state index is 6.30. The van der Waals surface area contributed by atoms with E-state index in [0.717, 1.165) is 42.4 Å². The van der Waals surface area contributed by atoms with Gasteiger partial charge in [0.2, 0.25) is 0 Å². The number of rotatable bonds is 4. The Morgan fingerprint density at radius 3 is 2.62 bits per heavy atom. The Morgan fingerprint density at radius 1 is 1.05 bits per heavy atom. The lowest BCUT2D eigenvalue weighted by atomic mass is 10.1. The van der Waals surface area contributed by atoms with Crippen molar-refractivity contribution in [3.63, 3.8) is 0 Å². The van der Waals surface area contributed by atoms with Gasteiger partial charge in [0.15, 0.2) is 11.5 Å². The molecule has 0 N–H and O–H groups in total. The minimum atomic E-state index is 0.652. The molecule has 0 radical (unpaired) electrons. The molecule has 0 bridgehead atoms. The van der Waals surface area contributed by atoms with Crippen LogP contribution in [0.4, 0.5) is 11.4 Å². The maximum Gasteiger partial charge on any atom is 0.169 e. The van der Waals surface area contributed by atoms with E-state index in [1.807, 2.05) is 30.3 Å². The van der Waals surface area contributed by atoms with Gasteiger partial charge in [-0.15, -0.1) is 0 Å². The lowest BCUT2D eigenvalue weighted by Gasteiger charge is -2.33. The number of halogens is 1. The molecule has 3 rings (SSSR count). The second kappa shape index (κ2) is 5.96. The molecule has 0 aromatic heterocycles. The van der Waals surface area contributed by atoms with Crippen molar-refractivity contribution in [2.24, 2.45) is 0 Å². The van der Waals surface area contributed by atoms with Gasteiger partial charge in [0.1, 0.15) is 0 Å². The summed E-state index contributed by atoms with van der Waals surface area (Å²) in [5, 5.41) is 0.652. The molecule has 0 amide bonds. The Morgan fingerprint density at radius 2 is 1.81 bits per heavy atom. The van der Waals surface area contributed by atoms with Gasteiger partial charge in [0.25, 0.3) is 0 Å². The molecule has 0 unspecified atom stereocenters. The first-order valence-electron chi connectivity index (χ1n) is 7.14. The first-order valence-corrected chi connectivity index (χ1v) is 7.52. The summed E-state index contributed by atoms with van der Waals surface area (Å²) in [6, 6.07) is 14.0. The van der Waals surface area contributed by atoms with Gasteiger partial charge in [-0.25, -0.2) is 0 Å². The maximum atomic E-state index is 6.30. The van der Waals surface area contributed by atoms with Crippen LogP contribution in [0.15, 0.2) is 42.5 Å². The van der Waals surface area contributed by atoms with Gasteiger partial charge in [0.05, 0.1) is 16.4 Å². The summed E-state index contributed by atoms with van der Waals surface area (Å²) in [5.74, 6) is 1.62. The normalized spacial score (nSPS) is 12.9. The Kier molecular flexibility index (Phi) is 4.04. The van der Waals surface area contributed by atoms with E-state index in [1.165, 1.54) is 0 Å². The van der Waals surface area contributed by atoms with Crippen LogP contribution in [0.2, 0.25) is 5.02 Å². The van der Waals surface area contributed by atoms with Crippen molar-refractivity contribution < 1.29 is 4.74 Å². The predicted octanol–water partition coefficient (Wildman–Crippen LogP) is 4.54. The zero-order valence-corrected chi connectivity index (χ0v) is 13.1. The van der Waals surface area contributed by atoms with Crippen molar-refractivity contribution in [3.8, 4) is 11.5 Å². The highest BCUT2D eigenvalue weighted by atomic mass is 35.5. The minimum absolute atomic E-state index is 0.652. The smallest absolute Gasteiger partial charge is 0.169 e. The van der Waals surface area contributed by atoms with Gasteiger partial charge in [-0.2, -0.15) is 0 Å². The highest BCUT2D eigenvalue weighted by Gasteiger charge is 2.25. The first-order chi connectivity index (χ1) is 10.2. The molecule has 0 atom stereocenters. The van der Waals surface area contributed by atoms with Crippen LogP contribution in [-0.4, -0.2) is 32.1 Å². The van der Waals surface area contributed by atoms with E-state index >= 15 is 0 Å². The number of para-hydroxylation sites is 3. The summed E-state index contributed by atoms with van der Waals surface area (Å²) in [5.41, 5.74) is 2.14. The van der Waals surface area contributed by atoms with Crippen LogP contribution in [0.25, 0.3) is 0 Å². The molecule has 3 nitrogen and oxygen atoms in total. The molecular weight excluding hydrogens is 284 g/mol. The number of nitrogens with zero attached hydrogens (tertiary/aromatic N) is 2. The molecule has 1 aliphatic heterocycles. The van der Waals surface area contributed by atoms with Gasteiger partial charge in [-0.1, -0.05) is 29.8 Å². The van der Waals surface area contributed by atoms with E-state index in [9.17, 15) is 0 Å². The van der Waals surface area contributed by atoms with Crippen molar-refractivity contribution in [3.05, 3.63) is 47.5 Å². The van der Waals surface area contributed by atoms with Crippen molar-refractivity contribution in [1.82, 2.24) is 4.90 Å². The Balaban J connectivity index is 1.96. The highest BCUT2D eigenvalue weighted by molar-refractivity contribution is 6.32. The molecule has 1 heterocycles. The van der Waals surface area contributed by atoms with Crippen LogP contribution in [0.3, 0.4) is 0 Å². The second-order valence-corrected chi connectivity index (χ2v) is 5.87. The average molecular weight is 303 g/mol. The zero-order chi connectivity index (χ0) is 14.8. The predicted molar refractivity (Wildman–Crippen MR) is 88.1 cm³/mol. The van der Waals surface area contributed by atoms with Crippen LogP contribution in [0, 0.1) is 0 Å². The molecular formula is C17H19ClN2O. The topological polar surface area (TPSA) is 15.7 Å². The van der Waals surface area contributed by atoms with Crippen molar-refractivity contribution >= 4 is 23.0 Å². The Labute approximate surface area is 130 Å². The second-order valence-electron chi connectivity index (χ2n) is 5.47. The van der Waals surface area contributed by atoms with Crippen molar-refractivity contribution in [2.75, 3.05) is 32.1 Å². The Hall–Kier alpha value is -1.71. The summed E-state index contributed by atoms with van der Waals surface area (Å²) >= 11 is 6.30. The van der Waals surface area contributed by atoms with Crippen LogP contribution >= 0.6 is 11.6 Å². The standard InChI is InChI=1S/C17H19ClN2O/c1-19(2)11-6-12-20-14-8-3-4-10-16(14)21-17-13(18)7-5-9-15(17)20/h3-5,7-10H,6,11-12H2,1-2H3. The number of benzene rings is 2. The van der Waals surface area contributed by atoms with Crippen molar-refractivity contribution in [1.29, 1.82) is 0 Å². The van der Waals surface area contributed by atoms with Crippen LogP contribution in [-0.2, 0) is 0 Å². The molecule has 4 heteroatoms. The molecule has 2 aromatic rings. The van der Waals surface area contributed by atoms with E-state index < -0.39 is 0 Å². The lowest BCUT2D eigenvalue weighted by Crippen LogP contribution is -2.25. The summed E-state index contributed by atoms with van der Waals surface area (Å²) in [4.78, 5) is 4.49. The highest BCUT2D eigenvalue weighted by Crippen LogP contribution is 2.49. The summed E-state index contributed by atoms with van der Waals surface area (Å²) in [6.07, 6.45) is 1.08. The molecule has 2 aromatic carbocycles. The molecule has 0 aliphatic carbocycles. The van der Waals surface area contributed by atoms with Gasteiger partial charge < -0.3 is 14.5 Å². The zero-order valence-electron chi connectivity index (χ0n) is 12.3. The van der Waals surface area contributed by atoms with Gasteiger partial charge >= 0.3 is 0 Å². The van der Waals surface area contributed by atoms with Crippen LogP contribution in [0.5, 0.6) is 11.5 Å². The van der Waals surface area contributed by atoms with E-state index in [-0.39, 0.29) is 0 Å². The Bertz CT molecular complexity index is 642. The third kappa shape index (κ3) is 2.85. The third-order valence-corrected chi connectivity index (χ3v) is 3.89.